The summed E-state index contributed by atoms with van der Waals surface area (Å²) in [5.41, 5.74) is 10.7. The molecule has 1 aromatic carbocycles. The maximum Gasteiger partial charge on any atom is 0.165 e. The van der Waals surface area contributed by atoms with Gasteiger partial charge in [-0.05, 0) is 38.5 Å². The fourth-order valence-corrected chi connectivity index (χ4v) is 2.26. The van der Waals surface area contributed by atoms with E-state index in [1.54, 1.807) is 0 Å². The van der Waals surface area contributed by atoms with Gasteiger partial charge in [0.25, 0.3) is 0 Å². The zero-order valence-electron chi connectivity index (χ0n) is 12.1. The summed E-state index contributed by atoms with van der Waals surface area (Å²) in [4.78, 5) is 2.29. The molecule has 2 N–H and O–H groups in total. The Labute approximate surface area is 124 Å². The molecule has 0 radical (unpaired) electrons. The van der Waals surface area contributed by atoms with E-state index in [9.17, 15) is 0 Å². The van der Waals surface area contributed by atoms with Crippen LogP contribution in [0.15, 0.2) is 24.3 Å². The smallest absolute Gasteiger partial charge is 0.165 e. The second-order valence-electron chi connectivity index (χ2n) is 4.87. The molecule has 0 amide bonds. The minimum Gasteiger partial charge on any atom is -0.389 e. The van der Waals surface area contributed by atoms with E-state index >= 15 is 0 Å². The summed E-state index contributed by atoms with van der Waals surface area (Å²) in [6, 6.07) is 8.19. The van der Waals surface area contributed by atoms with Crippen LogP contribution in [0.3, 0.4) is 0 Å². The van der Waals surface area contributed by atoms with Gasteiger partial charge in [0, 0.05) is 12.7 Å². The molecular formula is C15H18N4S. The summed E-state index contributed by atoms with van der Waals surface area (Å²) < 4.78 is 0. The Kier molecular flexibility index (Phi) is 3.99. The summed E-state index contributed by atoms with van der Waals surface area (Å²) in [6.45, 7) is 5.92. The predicted molar refractivity (Wildman–Crippen MR) is 86.6 cm³/mol. The van der Waals surface area contributed by atoms with Crippen molar-refractivity contribution in [1.82, 2.24) is 10.2 Å². The van der Waals surface area contributed by atoms with Crippen LogP contribution in [0.4, 0.5) is 11.5 Å². The van der Waals surface area contributed by atoms with E-state index in [1.807, 2.05) is 37.9 Å². The van der Waals surface area contributed by atoms with E-state index in [2.05, 4.69) is 29.3 Å². The van der Waals surface area contributed by atoms with Gasteiger partial charge >= 0.3 is 0 Å². The normalized spacial score (nSPS) is 10.4. The molecule has 4 nitrogen and oxygen atoms in total. The number of nitrogens with two attached hydrogens (primary N) is 1. The molecule has 2 rings (SSSR count). The average Bonchev–Trinajstić information content (AvgIpc) is 2.41. The highest BCUT2D eigenvalue weighted by molar-refractivity contribution is 7.80. The summed E-state index contributed by atoms with van der Waals surface area (Å²) in [7, 11) is 1.94. The Morgan fingerprint density at radius 3 is 2.25 bits per heavy atom. The third-order valence-corrected chi connectivity index (χ3v) is 3.63. The number of aryl methyl sites for hydroxylation is 2. The molecule has 20 heavy (non-hydrogen) atoms. The monoisotopic (exact) mass is 286 g/mol. The fourth-order valence-electron chi connectivity index (χ4n) is 2.02. The van der Waals surface area contributed by atoms with Gasteiger partial charge in [-0.25, -0.2) is 0 Å². The molecule has 0 saturated heterocycles. The second kappa shape index (κ2) is 5.54. The third kappa shape index (κ3) is 2.63. The lowest BCUT2D eigenvalue weighted by molar-refractivity contribution is 0.932. The topological polar surface area (TPSA) is 55.0 Å². The van der Waals surface area contributed by atoms with Crippen LogP contribution < -0.4 is 10.6 Å². The molecule has 1 aromatic heterocycles. The highest BCUT2D eigenvalue weighted by atomic mass is 32.1. The number of benzene rings is 1. The third-order valence-electron chi connectivity index (χ3n) is 3.42. The number of hydrogen-bond donors (Lipinski definition) is 1. The molecule has 5 heteroatoms. The summed E-state index contributed by atoms with van der Waals surface area (Å²) in [5.74, 6) is 0.685. The zero-order chi connectivity index (χ0) is 14.9. The van der Waals surface area contributed by atoms with Gasteiger partial charge in [0.15, 0.2) is 5.82 Å². The van der Waals surface area contributed by atoms with Gasteiger partial charge < -0.3 is 10.6 Å². The highest BCUT2D eigenvalue weighted by Crippen LogP contribution is 2.27. The lowest BCUT2D eigenvalue weighted by Crippen LogP contribution is -2.22. The first-order valence-corrected chi connectivity index (χ1v) is 6.76. The molecular weight excluding hydrogens is 268 g/mol. The summed E-state index contributed by atoms with van der Waals surface area (Å²) >= 11 is 5.17. The number of anilines is 2. The van der Waals surface area contributed by atoms with Gasteiger partial charge in [-0.2, -0.15) is 5.10 Å². The van der Waals surface area contributed by atoms with Gasteiger partial charge in [-0.1, -0.05) is 29.9 Å². The van der Waals surface area contributed by atoms with Crippen LogP contribution >= 0.6 is 12.2 Å². The molecule has 0 aliphatic rings. The van der Waals surface area contributed by atoms with Crippen molar-refractivity contribution in [3.8, 4) is 0 Å². The lowest BCUT2D eigenvalue weighted by atomic mass is 10.1. The predicted octanol–water partition coefficient (Wildman–Crippen LogP) is 2.80. The second-order valence-corrected chi connectivity index (χ2v) is 5.31. The van der Waals surface area contributed by atoms with Gasteiger partial charge in [-0.3, -0.25) is 0 Å². The summed E-state index contributed by atoms with van der Waals surface area (Å²) in [5, 5.41) is 8.45. The van der Waals surface area contributed by atoms with Crippen LogP contribution in [-0.2, 0) is 0 Å². The van der Waals surface area contributed by atoms with Crippen LogP contribution in [0.2, 0.25) is 0 Å². The molecule has 0 atom stereocenters. The molecule has 0 bridgehead atoms. The van der Waals surface area contributed by atoms with Crippen LogP contribution in [0.5, 0.6) is 0 Å². The van der Waals surface area contributed by atoms with E-state index in [-0.39, 0.29) is 0 Å². The zero-order valence-corrected chi connectivity index (χ0v) is 13.0. The highest BCUT2D eigenvalue weighted by Gasteiger charge is 2.17. The van der Waals surface area contributed by atoms with Crippen LogP contribution in [-0.4, -0.2) is 22.2 Å². The van der Waals surface area contributed by atoms with Crippen molar-refractivity contribution in [1.29, 1.82) is 0 Å². The number of nitrogens with zero attached hydrogens (tertiary/aromatic N) is 3. The first kappa shape index (κ1) is 14.4. The van der Waals surface area contributed by atoms with Gasteiger partial charge in [0.05, 0.1) is 11.3 Å². The molecule has 1 heterocycles. The lowest BCUT2D eigenvalue weighted by Gasteiger charge is -2.22. The molecule has 2 aromatic rings. The van der Waals surface area contributed by atoms with Crippen molar-refractivity contribution >= 4 is 28.7 Å². The van der Waals surface area contributed by atoms with Gasteiger partial charge in [0.1, 0.15) is 4.99 Å². The van der Waals surface area contributed by atoms with Crippen molar-refractivity contribution in [2.75, 3.05) is 11.9 Å². The number of rotatable bonds is 3. The van der Waals surface area contributed by atoms with Crippen molar-refractivity contribution in [3.05, 3.63) is 46.6 Å². The van der Waals surface area contributed by atoms with Gasteiger partial charge in [-0.15, -0.1) is 5.10 Å². The van der Waals surface area contributed by atoms with Crippen molar-refractivity contribution < 1.29 is 0 Å². The van der Waals surface area contributed by atoms with E-state index < -0.39 is 0 Å². The molecule has 0 aliphatic heterocycles. The number of hydrogen-bond acceptors (Lipinski definition) is 4. The van der Waals surface area contributed by atoms with E-state index in [0.717, 1.165) is 22.5 Å². The van der Waals surface area contributed by atoms with Gasteiger partial charge in [0.2, 0.25) is 0 Å². The van der Waals surface area contributed by atoms with E-state index in [1.165, 1.54) is 5.56 Å². The quantitative estimate of drug-likeness (QED) is 0.879. The molecule has 0 spiro atoms. The van der Waals surface area contributed by atoms with Crippen molar-refractivity contribution in [2.45, 2.75) is 20.8 Å². The van der Waals surface area contributed by atoms with Crippen LogP contribution in [0.25, 0.3) is 0 Å². The number of thiocarbonyl (C=S) groups is 1. The van der Waals surface area contributed by atoms with E-state index in [4.69, 9.17) is 18.0 Å². The first-order valence-electron chi connectivity index (χ1n) is 6.36. The Morgan fingerprint density at radius 1 is 1.10 bits per heavy atom. The SMILES string of the molecule is Cc1ccc(N(C)c2nnc(C)c(C)c2C(N)=S)cc1. The molecule has 0 aliphatic carbocycles. The minimum atomic E-state index is 0.342. The molecule has 0 unspecified atom stereocenters. The molecule has 0 fully saturated rings. The van der Waals surface area contributed by atoms with Crippen molar-refractivity contribution in [2.24, 2.45) is 5.73 Å². The standard InChI is InChI=1S/C15H18N4S/c1-9-5-7-12(8-6-9)19(4)15-13(14(16)20)10(2)11(3)17-18-15/h5-8H,1-4H3,(H2,16,20). The Bertz CT molecular complexity index is 650. The largest absolute Gasteiger partial charge is 0.389 e. The Morgan fingerprint density at radius 2 is 1.70 bits per heavy atom. The summed E-state index contributed by atoms with van der Waals surface area (Å²) in [6.07, 6.45) is 0. The van der Waals surface area contributed by atoms with Crippen LogP contribution in [0.1, 0.15) is 22.4 Å². The average molecular weight is 286 g/mol. The molecule has 104 valence electrons. The van der Waals surface area contributed by atoms with E-state index in [0.29, 0.717) is 10.8 Å². The Balaban J connectivity index is 2.54. The maximum absolute atomic E-state index is 5.86. The molecule has 0 saturated carbocycles. The minimum absolute atomic E-state index is 0.342. The Hall–Kier alpha value is -2.01. The van der Waals surface area contributed by atoms with Crippen molar-refractivity contribution in [3.63, 3.8) is 0 Å². The number of aromatic nitrogens is 2. The fraction of sp³-hybridized carbons (Fsp3) is 0.267. The first-order chi connectivity index (χ1) is 9.41. The van der Waals surface area contributed by atoms with Crippen LogP contribution in [0, 0.1) is 20.8 Å². The maximum atomic E-state index is 5.86.